The first-order valence-electron chi connectivity index (χ1n) is 3.09. The zero-order valence-electron chi connectivity index (χ0n) is 5.84. The Bertz CT molecular complexity index is 73.3. The van der Waals surface area contributed by atoms with Crippen LogP contribution < -0.4 is 0 Å². The van der Waals surface area contributed by atoms with Gasteiger partial charge in [0.05, 0.1) is 6.10 Å². The topological polar surface area (TPSA) is 20.2 Å². The van der Waals surface area contributed by atoms with E-state index >= 15 is 0 Å². The van der Waals surface area contributed by atoms with Gasteiger partial charge in [0.25, 0.3) is 0 Å². The number of hydrogen-bond donors (Lipinski definition) is 1. The van der Waals surface area contributed by atoms with E-state index in [4.69, 9.17) is 5.11 Å². The van der Waals surface area contributed by atoms with E-state index < -0.39 is 0 Å². The van der Waals surface area contributed by atoms with Crippen molar-refractivity contribution in [2.45, 2.75) is 18.9 Å². The second kappa shape index (κ2) is 6.17. The number of rotatable bonds is 5. The van der Waals surface area contributed by atoms with Gasteiger partial charge in [0.1, 0.15) is 0 Å². The molecule has 0 aromatic heterocycles. The minimum absolute atomic E-state index is 0.171. The van der Waals surface area contributed by atoms with Gasteiger partial charge in [-0.1, -0.05) is 6.08 Å². The molecule has 0 bridgehead atoms. The lowest BCUT2D eigenvalue weighted by atomic mass is 10.2. The molecular weight excluding hydrogens is 132 g/mol. The van der Waals surface area contributed by atoms with E-state index in [2.05, 4.69) is 6.58 Å². The van der Waals surface area contributed by atoms with Crippen molar-refractivity contribution < 1.29 is 5.11 Å². The van der Waals surface area contributed by atoms with E-state index in [9.17, 15) is 0 Å². The predicted octanol–water partition coefficient (Wildman–Crippen LogP) is 1.68. The van der Waals surface area contributed by atoms with E-state index in [0.717, 1.165) is 18.6 Å². The predicted molar refractivity (Wildman–Crippen MR) is 43.8 cm³/mol. The molecule has 9 heavy (non-hydrogen) atoms. The fraction of sp³-hybridized carbons (Fsp3) is 0.714. The van der Waals surface area contributed by atoms with Gasteiger partial charge in [-0.25, -0.2) is 0 Å². The first-order valence-corrected chi connectivity index (χ1v) is 4.48. The van der Waals surface area contributed by atoms with Crippen LogP contribution in [0.4, 0.5) is 0 Å². The van der Waals surface area contributed by atoms with Gasteiger partial charge < -0.3 is 5.11 Å². The Morgan fingerprint density at radius 3 is 2.89 bits per heavy atom. The van der Waals surface area contributed by atoms with Crippen LogP contribution in [0.15, 0.2) is 12.7 Å². The Morgan fingerprint density at radius 1 is 1.78 bits per heavy atom. The van der Waals surface area contributed by atoms with Crippen LogP contribution in [0.2, 0.25) is 0 Å². The lowest BCUT2D eigenvalue weighted by Gasteiger charge is -2.04. The molecule has 0 saturated heterocycles. The molecule has 0 aromatic carbocycles. The van der Waals surface area contributed by atoms with Gasteiger partial charge in [-0.3, -0.25) is 0 Å². The summed E-state index contributed by atoms with van der Waals surface area (Å²) in [7, 11) is 0. The molecule has 0 saturated carbocycles. The molecule has 0 spiro atoms. The average molecular weight is 146 g/mol. The molecule has 0 aromatic rings. The third-order valence-corrected chi connectivity index (χ3v) is 1.74. The molecule has 0 heterocycles. The van der Waals surface area contributed by atoms with Crippen LogP contribution in [0.1, 0.15) is 12.8 Å². The molecule has 2 heteroatoms. The second-order valence-corrected chi connectivity index (χ2v) is 2.95. The number of aliphatic hydroxyl groups is 1. The van der Waals surface area contributed by atoms with Crippen LogP contribution in [0, 0.1) is 0 Å². The maximum absolute atomic E-state index is 9.10. The Hall–Kier alpha value is 0.0500. The van der Waals surface area contributed by atoms with Crippen LogP contribution in [0.25, 0.3) is 0 Å². The van der Waals surface area contributed by atoms with Crippen LogP contribution >= 0.6 is 11.8 Å². The molecule has 0 amide bonds. The maximum Gasteiger partial charge on any atom is 0.0582 e. The standard InChI is InChI=1S/C7H14OS/c1-3-4-7(8)5-6-9-2/h3,7-8H,1,4-6H2,2H3. The summed E-state index contributed by atoms with van der Waals surface area (Å²) in [6.07, 6.45) is 5.23. The Morgan fingerprint density at radius 2 is 2.44 bits per heavy atom. The van der Waals surface area contributed by atoms with Crippen molar-refractivity contribution >= 4 is 11.8 Å². The van der Waals surface area contributed by atoms with Gasteiger partial charge >= 0.3 is 0 Å². The highest BCUT2D eigenvalue weighted by Crippen LogP contribution is 2.03. The molecule has 0 fully saturated rings. The molecule has 0 rings (SSSR count). The average Bonchev–Trinajstić information content (AvgIpc) is 1.85. The van der Waals surface area contributed by atoms with Crippen molar-refractivity contribution in [3.8, 4) is 0 Å². The highest BCUT2D eigenvalue weighted by Gasteiger charge is 1.98. The number of hydrogen-bond acceptors (Lipinski definition) is 2. The van der Waals surface area contributed by atoms with E-state index in [1.54, 1.807) is 17.8 Å². The zero-order chi connectivity index (χ0) is 7.11. The van der Waals surface area contributed by atoms with E-state index in [1.807, 2.05) is 6.26 Å². The molecule has 0 aliphatic rings. The van der Waals surface area contributed by atoms with Crippen molar-refractivity contribution in [2.75, 3.05) is 12.0 Å². The summed E-state index contributed by atoms with van der Waals surface area (Å²) in [5.74, 6) is 1.04. The SMILES string of the molecule is C=CCC(O)CCSC. The smallest absolute Gasteiger partial charge is 0.0582 e. The largest absolute Gasteiger partial charge is 0.393 e. The van der Waals surface area contributed by atoms with Crippen LogP contribution in [0.3, 0.4) is 0 Å². The van der Waals surface area contributed by atoms with Crippen molar-refractivity contribution in [2.24, 2.45) is 0 Å². The van der Waals surface area contributed by atoms with Crippen LogP contribution in [-0.2, 0) is 0 Å². The summed E-state index contributed by atoms with van der Waals surface area (Å²) in [6.45, 7) is 3.54. The third kappa shape index (κ3) is 5.93. The van der Waals surface area contributed by atoms with Gasteiger partial charge in [-0.2, -0.15) is 11.8 Å². The fourth-order valence-corrected chi connectivity index (χ4v) is 1.07. The normalized spacial score (nSPS) is 13.1. The lowest BCUT2D eigenvalue weighted by molar-refractivity contribution is 0.175. The Balaban J connectivity index is 3.04. The maximum atomic E-state index is 9.10. The number of aliphatic hydroxyl groups excluding tert-OH is 1. The molecule has 1 nitrogen and oxygen atoms in total. The molecule has 54 valence electrons. The summed E-state index contributed by atoms with van der Waals surface area (Å²) in [5, 5.41) is 9.10. The number of thioether (sulfide) groups is 1. The van der Waals surface area contributed by atoms with E-state index in [0.29, 0.717) is 0 Å². The summed E-state index contributed by atoms with van der Waals surface area (Å²) < 4.78 is 0. The molecular formula is C7H14OS. The van der Waals surface area contributed by atoms with Gasteiger partial charge in [-0.15, -0.1) is 6.58 Å². The van der Waals surface area contributed by atoms with Crippen molar-refractivity contribution in [1.82, 2.24) is 0 Å². The van der Waals surface area contributed by atoms with Crippen molar-refractivity contribution in [1.29, 1.82) is 0 Å². The summed E-state index contributed by atoms with van der Waals surface area (Å²) in [6, 6.07) is 0. The zero-order valence-corrected chi connectivity index (χ0v) is 6.66. The summed E-state index contributed by atoms with van der Waals surface area (Å²) in [5.41, 5.74) is 0. The minimum atomic E-state index is -0.171. The van der Waals surface area contributed by atoms with Crippen molar-refractivity contribution in [3.05, 3.63) is 12.7 Å². The van der Waals surface area contributed by atoms with Gasteiger partial charge in [-0.05, 0) is 24.9 Å². The van der Waals surface area contributed by atoms with Gasteiger partial charge in [0, 0.05) is 0 Å². The monoisotopic (exact) mass is 146 g/mol. The first-order chi connectivity index (χ1) is 4.31. The van der Waals surface area contributed by atoms with E-state index in [-0.39, 0.29) is 6.10 Å². The summed E-state index contributed by atoms with van der Waals surface area (Å²) >= 11 is 1.76. The minimum Gasteiger partial charge on any atom is -0.393 e. The van der Waals surface area contributed by atoms with Crippen molar-refractivity contribution in [3.63, 3.8) is 0 Å². The molecule has 0 radical (unpaired) electrons. The summed E-state index contributed by atoms with van der Waals surface area (Å²) in [4.78, 5) is 0. The molecule has 0 aliphatic heterocycles. The first kappa shape index (κ1) is 9.05. The quantitative estimate of drug-likeness (QED) is 0.595. The van der Waals surface area contributed by atoms with Crippen LogP contribution in [0.5, 0.6) is 0 Å². The third-order valence-electron chi connectivity index (χ3n) is 1.09. The fourth-order valence-electron chi connectivity index (χ4n) is 0.564. The molecule has 1 unspecified atom stereocenters. The molecule has 0 aliphatic carbocycles. The highest BCUT2D eigenvalue weighted by atomic mass is 32.2. The molecule has 1 atom stereocenters. The molecule has 1 N–H and O–H groups in total. The van der Waals surface area contributed by atoms with Crippen LogP contribution in [-0.4, -0.2) is 23.2 Å². The van der Waals surface area contributed by atoms with Gasteiger partial charge in [0.15, 0.2) is 0 Å². The second-order valence-electron chi connectivity index (χ2n) is 1.96. The Kier molecular flexibility index (Phi) is 6.21. The highest BCUT2D eigenvalue weighted by molar-refractivity contribution is 7.98. The lowest BCUT2D eigenvalue weighted by Crippen LogP contribution is -2.05. The van der Waals surface area contributed by atoms with E-state index in [1.165, 1.54) is 0 Å². The van der Waals surface area contributed by atoms with Gasteiger partial charge in [0.2, 0.25) is 0 Å². The Labute approximate surface area is 61.2 Å².